The van der Waals surface area contributed by atoms with Gasteiger partial charge in [-0.15, -0.1) is 11.6 Å². The molecule has 0 bridgehead atoms. The minimum atomic E-state index is -3.15. The predicted octanol–water partition coefficient (Wildman–Crippen LogP) is 4.15. The molecule has 1 heterocycles. The Morgan fingerprint density at radius 1 is 1.27 bits per heavy atom. The van der Waals surface area contributed by atoms with Crippen LogP contribution in [0.15, 0.2) is 36.5 Å². The van der Waals surface area contributed by atoms with Crippen LogP contribution >= 0.6 is 27.5 Å². The number of benzene rings is 1. The van der Waals surface area contributed by atoms with Crippen molar-refractivity contribution < 1.29 is 8.78 Å². The van der Waals surface area contributed by atoms with Gasteiger partial charge in [-0.05, 0) is 17.5 Å². The van der Waals surface area contributed by atoms with Gasteiger partial charge in [0.05, 0.1) is 5.52 Å². The van der Waals surface area contributed by atoms with E-state index < -0.39 is 10.3 Å². The fraction of sp³-hybridized carbons (Fsp3) is 0.200. The third-order valence-electron chi connectivity index (χ3n) is 2.18. The Morgan fingerprint density at radius 2 is 1.93 bits per heavy atom. The van der Waals surface area contributed by atoms with Gasteiger partial charge in [0.1, 0.15) is 0 Å². The van der Waals surface area contributed by atoms with Crippen LogP contribution < -0.4 is 0 Å². The van der Waals surface area contributed by atoms with Gasteiger partial charge in [0, 0.05) is 6.20 Å². The largest absolute Gasteiger partial charge is 0.355 e. The summed E-state index contributed by atoms with van der Waals surface area (Å²) in [6.45, 7) is 0. The van der Waals surface area contributed by atoms with Crippen molar-refractivity contribution in [3.05, 3.63) is 36.5 Å². The molecule has 0 saturated heterocycles. The Labute approximate surface area is 98.8 Å². The van der Waals surface area contributed by atoms with Crippen molar-refractivity contribution in [3.63, 3.8) is 0 Å². The maximum absolute atomic E-state index is 13.6. The van der Waals surface area contributed by atoms with Gasteiger partial charge >= 0.3 is 6.05 Å². The number of para-hydroxylation sites is 1. The summed E-state index contributed by atoms with van der Waals surface area (Å²) >= 11 is 8.10. The Balaban J connectivity index is 2.62. The summed E-state index contributed by atoms with van der Waals surface area (Å²) in [5, 5.41) is 0.766. The molecule has 0 N–H and O–H groups in total. The fourth-order valence-electron chi connectivity index (χ4n) is 1.45. The van der Waals surface area contributed by atoms with Crippen molar-refractivity contribution in [2.75, 3.05) is 0 Å². The highest BCUT2D eigenvalue weighted by Crippen LogP contribution is 2.35. The zero-order valence-electron chi connectivity index (χ0n) is 7.50. The lowest BCUT2D eigenvalue weighted by molar-refractivity contribution is -0.0595. The molecule has 0 aliphatic heterocycles. The van der Waals surface area contributed by atoms with E-state index in [1.165, 1.54) is 6.20 Å². The number of rotatable bonds is 2. The summed E-state index contributed by atoms with van der Waals surface area (Å²) in [5.74, 6) is 0. The number of halogens is 4. The summed E-state index contributed by atoms with van der Waals surface area (Å²) in [4.78, 5) is 0. The van der Waals surface area contributed by atoms with Crippen LogP contribution in [0.25, 0.3) is 10.9 Å². The van der Waals surface area contributed by atoms with Crippen LogP contribution in [0.1, 0.15) is 0 Å². The molecule has 1 aromatic carbocycles. The van der Waals surface area contributed by atoms with Crippen molar-refractivity contribution in [1.82, 2.24) is 4.57 Å². The molecule has 2 aromatic rings. The van der Waals surface area contributed by atoms with E-state index >= 15 is 0 Å². The highest BCUT2D eigenvalue weighted by Gasteiger charge is 2.39. The number of aromatic nitrogens is 1. The van der Waals surface area contributed by atoms with Gasteiger partial charge in [-0.3, -0.25) is 4.57 Å². The number of alkyl halides is 4. The van der Waals surface area contributed by atoms with Crippen LogP contribution in [-0.4, -0.2) is 8.85 Å². The Kier molecular flexibility index (Phi) is 2.73. The summed E-state index contributed by atoms with van der Waals surface area (Å²) in [7, 11) is 0. The molecule has 1 nitrogen and oxygen atoms in total. The van der Waals surface area contributed by atoms with Crippen LogP contribution in [0, 0.1) is 0 Å². The van der Waals surface area contributed by atoms with E-state index in [1.807, 2.05) is 0 Å². The van der Waals surface area contributed by atoms with E-state index in [1.54, 1.807) is 30.3 Å². The summed E-state index contributed by atoms with van der Waals surface area (Å²) in [5.41, 5.74) is 0.465. The molecule has 1 unspecified atom stereocenters. The van der Waals surface area contributed by atoms with Crippen molar-refractivity contribution in [1.29, 1.82) is 0 Å². The van der Waals surface area contributed by atoms with Gasteiger partial charge < -0.3 is 0 Å². The Bertz CT molecular complexity index is 481. The molecular weight excluding hydrogens is 287 g/mol. The van der Waals surface area contributed by atoms with E-state index in [0.717, 1.165) is 9.95 Å². The second kappa shape index (κ2) is 3.76. The maximum Gasteiger partial charge on any atom is 0.355 e. The van der Waals surface area contributed by atoms with Crippen molar-refractivity contribution in [3.8, 4) is 0 Å². The first kappa shape index (κ1) is 10.9. The molecule has 0 aliphatic rings. The van der Waals surface area contributed by atoms with E-state index in [-0.39, 0.29) is 0 Å². The first-order valence-corrected chi connectivity index (χ1v) is 5.61. The number of hydrogen-bond acceptors (Lipinski definition) is 0. The summed E-state index contributed by atoms with van der Waals surface area (Å²) in [6, 6.07) is 5.42. The topological polar surface area (TPSA) is 4.93 Å². The monoisotopic (exact) mass is 293 g/mol. The van der Waals surface area contributed by atoms with Gasteiger partial charge in [0.2, 0.25) is 0 Å². The second-order valence-electron chi connectivity index (χ2n) is 3.13. The minimum absolute atomic E-state index is 0.465. The van der Waals surface area contributed by atoms with Crippen LogP contribution in [-0.2, 0) is 6.05 Å². The molecule has 2 rings (SSSR count). The quantitative estimate of drug-likeness (QED) is 0.733. The van der Waals surface area contributed by atoms with Crippen LogP contribution in [0.2, 0.25) is 0 Å². The third kappa shape index (κ3) is 1.76. The standard InChI is InChI=1S/C10H7BrClF2N/c11-9(12)10(13,14)15-6-5-7-3-1-2-4-8(7)15/h1-6,9H. The molecule has 1 atom stereocenters. The van der Waals surface area contributed by atoms with Gasteiger partial charge in [-0.1, -0.05) is 34.1 Å². The molecule has 0 radical (unpaired) electrons. The van der Waals surface area contributed by atoms with Crippen LogP contribution in [0.5, 0.6) is 0 Å². The highest BCUT2D eigenvalue weighted by molar-refractivity contribution is 9.10. The average molecular weight is 295 g/mol. The van der Waals surface area contributed by atoms with Gasteiger partial charge in [0.25, 0.3) is 0 Å². The van der Waals surface area contributed by atoms with E-state index in [0.29, 0.717) is 5.52 Å². The van der Waals surface area contributed by atoms with Crippen LogP contribution in [0.3, 0.4) is 0 Å². The predicted molar refractivity (Wildman–Crippen MR) is 60.7 cm³/mol. The van der Waals surface area contributed by atoms with Gasteiger partial charge in [0.15, 0.2) is 4.29 Å². The SMILES string of the molecule is FC(F)(C(Cl)Br)n1ccc2ccccc21. The zero-order chi connectivity index (χ0) is 11.1. The Morgan fingerprint density at radius 3 is 2.60 bits per heavy atom. The number of hydrogen-bond donors (Lipinski definition) is 0. The molecular formula is C10H7BrClF2N. The first-order valence-electron chi connectivity index (χ1n) is 4.26. The van der Waals surface area contributed by atoms with Gasteiger partial charge in [-0.2, -0.15) is 8.78 Å². The minimum Gasteiger partial charge on any atom is -0.287 e. The molecule has 0 saturated carbocycles. The second-order valence-corrected chi connectivity index (χ2v) is 5.01. The number of nitrogens with zero attached hydrogens (tertiary/aromatic N) is 1. The van der Waals surface area contributed by atoms with Crippen LogP contribution in [0.4, 0.5) is 8.78 Å². The molecule has 0 aliphatic carbocycles. The van der Waals surface area contributed by atoms with Crippen molar-refractivity contribution in [2.24, 2.45) is 0 Å². The molecule has 80 valence electrons. The molecule has 0 spiro atoms. The molecule has 15 heavy (non-hydrogen) atoms. The van der Waals surface area contributed by atoms with Crippen molar-refractivity contribution in [2.45, 2.75) is 10.3 Å². The normalized spacial score (nSPS) is 14.4. The fourth-order valence-corrected chi connectivity index (χ4v) is 1.77. The first-order chi connectivity index (χ1) is 7.03. The summed E-state index contributed by atoms with van der Waals surface area (Å²) < 4.78 is 26.7. The van der Waals surface area contributed by atoms with E-state index in [9.17, 15) is 8.78 Å². The lowest BCUT2D eigenvalue weighted by atomic mass is 10.2. The van der Waals surface area contributed by atoms with E-state index in [4.69, 9.17) is 11.6 Å². The molecule has 5 heteroatoms. The van der Waals surface area contributed by atoms with E-state index in [2.05, 4.69) is 15.9 Å². The van der Waals surface area contributed by atoms with Gasteiger partial charge in [-0.25, -0.2) is 0 Å². The lowest BCUT2D eigenvalue weighted by Gasteiger charge is -2.20. The Hall–Kier alpha value is -0.610. The molecule has 0 amide bonds. The lowest BCUT2D eigenvalue weighted by Crippen LogP contribution is -2.28. The number of fused-ring (bicyclic) bond motifs is 1. The highest BCUT2D eigenvalue weighted by atomic mass is 79.9. The zero-order valence-corrected chi connectivity index (χ0v) is 9.84. The average Bonchev–Trinajstić information content (AvgIpc) is 2.61. The smallest absolute Gasteiger partial charge is 0.287 e. The molecule has 1 aromatic heterocycles. The third-order valence-corrected chi connectivity index (χ3v) is 3.00. The van der Waals surface area contributed by atoms with Crippen molar-refractivity contribution >= 4 is 38.4 Å². The summed E-state index contributed by atoms with van der Waals surface area (Å²) in [6.07, 6.45) is 1.33. The maximum atomic E-state index is 13.6. The molecule has 0 fully saturated rings.